The smallest absolute Gasteiger partial charge is 0.264 e. The first-order valence-corrected chi connectivity index (χ1v) is 12.6. The minimum Gasteiger partial charge on any atom is -0.495 e. The zero-order valence-electron chi connectivity index (χ0n) is 17.5. The highest BCUT2D eigenvalue weighted by Crippen LogP contribution is 2.60. The monoisotopic (exact) mass is 445 g/mol. The Morgan fingerprint density at radius 3 is 2.03 bits per heavy atom. The molecule has 2 aromatic rings. The minimum atomic E-state index is -3.70. The van der Waals surface area contributed by atoms with E-state index >= 15 is 0 Å². The topological polar surface area (TPSA) is 46.6 Å². The molecule has 6 rings (SSSR count). The standard InChI is InChI=1S/C24H28ClNO3S/c1-26(30(27,28)21-7-8-23(29-2)22(25)12-21)20-5-3-19(4-6-20)24-13-16-9-17(14-24)11-18(10-16)15-24/h3-8,12,16-18H,9-11,13-15H2,1-2H3. The molecule has 0 N–H and O–H groups in total. The molecule has 0 heterocycles. The van der Waals surface area contributed by atoms with Crippen LogP contribution in [-0.4, -0.2) is 22.6 Å². The predicted octanol–water partition coefficient (Wildman–Crippen LogP) is 5.64. The molecule has 4 fully saturated rings. The molecule has 30 heavy (non-hydrogen) atoms. The number of hydrogen-bond acceptors (Lipinski definition) is 3. The zero-order valence-corrected chi connectivity index (χ0v) is 19.0. The van der Waals surface area contributed by atoms with Crippen molar-refractivity contribution in [3.63, 3.8) is 0 Å². The van der Waals surface area contributed by atoms with E-state index in [0.29, 0.717) is 16.9 Å². The summed E-state index contributed by atoms with van der Waals surface area (Å²) in [4.78, 5) is 0.154. The third kappa shape index (κ3) is 3.21. The van der Waals surface area contributed by atoms with Gasteiger partial charge in [-0.25, -0.2) is 8.42 Å². The first kappa shape index (κ1) is 20.2. The van der Waals surface area contributed by atoms with Gasteiger partial charge in [-0.15, -0.1) is 0 Å². The molecule has 2 aromatic carbocycles. The van der Waals surface area contributed by atoms with E-state index in [2.05, 4.69) is 12.1 Å². The summed E-state index contributed by atoms with van der Waals surface area (Å²) < 4.78 is 32.7. The van der Waals surface area contributed by atoms with E-state index in [9.17, 15) is 8.42 Å². The highest BCUT2D eigenvalue weighted by molar-refractivity contribution is 7.92. The largest absolute Gasteiger partial charge is 0.495 e. The molecule has 4 saturated carbocycles. The van der Waals surface area contributed by atoms with Gasteiger partial charge in [-0.2, -0.15) is 0 Å². The van der Waals surface area contributed by atoms with Gasteiger partial charge in [0.15, 0.2) is 0 Å². The Kier molecular flexibility index (Phi) is 4.82. The number of ether oxygens (including phenoxy) is 1. The van der Waals surface area contributed by atoms with Gasteiger partial charge in [0.2, 0.25) is 0 Å². The lowest BCUT2D eigenvalue weighted by Gasteiger charge is -2.57. The summed E-state index contributed by atoms with van der Waals surface area (Å²) in [7, 11) is -0.607. The van der Waals surface area contributed by atoms with Crippen LogP contribution in [0.25, 0.3) is 0 Å². The second-order valence-electron chi connectivity index (χ2n) is 9.51. The second kappa shape index (κ2) is 7.16. The SMILES string of the molecule is COc1ccc(S(=O)(=O)N(C)c2ccc(C34CC5CC(CC(C5)C3)C4)cc2)cc1Cl. The zero-order chi connectivity index (χ0) is 21.1. The lowest BCUT2D eigenvalue weighted by atomic mass is 9.48. The predicted molar refractivity (Wildman–Crippen MR) is 120 cm³/mol. The van der Waals surface area contributed by atoms with Gasteiger partial charge in [-0.05, 0) is 97.6 Å². The van der Waals surface area contributed by atoms with Crippen molar-refractivity contribution in [1.29, 1.82) is 0 Å². The van der Waals surface area contributed by atoms with Crippen LogP contribution in [0.4, 0.5) is 5.69 Å². The van der Waals surface area contributed by atoms with Gasteiger partial charge >= 0.3 is 0 Å². The average Bonchev–Trinajstić information content (AvgIpc) is 2.72. The Hall–Kier alpha value is -1.72. The molecule has 4 nitrogen and oxygen atoms in total. The summed E-state index contributed by atoms with van der Waals surface area (Å²) in [6, 6.07) is 12.8. The van der Waals surface area contributed by atoms with E-state index < -0.39 is 10.0 Å². The van der Waals surface area contributed by atoms with Crippen molar-refractivity contribution >= 4 is 27.3 Å². The second-order valence-corrected chi connectivity index (χ2v) is 11.9. The van der Waals surface area contributed by atoms with E-state index in [1.165, 1.54) is 67.6 Å². The number of rotatable bonds is 5. The fourth-order valence-electron chi connectivity index (χ4n) is 6.59. The Balaban J connectivity index is 1.41. The summed E-state index contributed by atoms with van der Waals surface area (Å²) in [5.74, 6) is 3.12. The fraction of sp³-hybridized carbons (Fsp3) is 0.500. The van der Waals surface area contributed by atoms with E-state index in [1.807, 2.05) is 12.1 Å². The van der Waals surface area contributed by atoms with Gasteiger partial charge in [-0.3, -0.25) is 4.31 Å². The van der Waals surface area contributed by atoms with Gasteiger partial charge in [0, 0.05) is 7.05 Å². The Labute approximate surface area is 184 Å². The quantitative estimate of drug-likeness (QED) is 0.598. The van der Waals surface area contributed by atoms with Crippen molar-refractivity contribution in [1.82, 2.24) is 0 Å². The van der Waals surface area contributed by atoms with Crippen LogP contribution < -0.4 is 9.04 Å². The first-order valence-electron chi connectivity index (χ1n) is 10.7. The molecule has 6 heteroatoms. The van der Waals surface area contributed by atoms with Crippen LogP contribution >= 0.6 is 11.6 Å². The number of hydrogen-bond donors (Lipinski definition) is 0. The summed E-state index contributed by atoms with van der Waals surface area (Å²) in [5, 5.41) is 0.282. The molecule has 0 radical (unpaired) electrons. The maximum Gasteiger partial charge on any atom is 0.264 e. The van der Waals surface area contributed by atoms with E-state index in [1.54, 1.807) is 13.1 Å². The Morgan fingerprint density at radius 1 is 0.967 bits per heavy atom. The minimum absolute atomic E-state index is 0.154. The summed E-state index contributed by atoms with van der Waals surface area (Å²) >= 11 is 6.15. The Bertz CT molecular complexity index is 1030. The van der Waals surface area contributed by atoms with E-state index in [4.69, 9.17) is 16.3 Å². The summed E-state index contributed by atoms with van der Waals surface area (Å²) in [6.45, 7) is 0. The van der Waals surface area contributed by atoms with Gasteiger partial charge < -0.3 is 4.74 Å². The molecule has 0 amide bonds. The van der Waals surface area contributed by atoms with E-state index in [0.717, 1.165) is 17.8 Å². The molecule has 0 atom stereocenters. The summed E-state index contributed by atoms with van der Waals surface area (Å²) in [5.41, 5.74) is 2.37. The maximum atomic E-state index is 13.1. The van der Waals surface area contributed by atoms with Crippen molar-refractivity contribution in [2.75, 3.05) is 18.5 Å². The third-order valence-corrected chi connectivity index (χ3v) is 9.74. The van der Waals surface area contributed by atoms with Crippen molar-refractivity contribution in [3.8, 4) is 5.75 Å². The Morgan fingerprint density at radius 2 is 1.53 bits per heavy atom. The highest BCUT2D eigenvalue weighted by Gasteiger charge is 2.51. The number of benzene rings is 2. The average molecular weight is 446 g/mol. The van der Waals surface area contributed by atoms with E-state index in [-0.39, 0.29) is 9.92 Å². The molecular weight excluding hydrogens is 418 g/mol. The first-order chi connectivity index (χ1) is 14.3. The molecule has 4 aliphatic rings. The van der Waals surface area contributed by atoms with Gasteiger partial charge in [-0.1, -0.05) is 23.7 Å². The molecule has 0 aliphatic heterocycles. The lowest BCUT2D eigenvalue weighted by molar-refractivity contribution is -0.00518. The number of sulfonamides is 1. The number of methoxy groups -OCH3 is 1. The third-order valence-electron chi connectivity index (χ3n) is 7.66. The van der Waals surface area contributed by atoms with Crippen LogP contribution in [0.15, 0.2) is 47.4 Å². The van der Waals surface area contributed by atoms with Crippen LogP contribution in [0.5, 0.6) is 5.75 Å². The molecule has 0 spiro atoms. The lowest BCUT2D eigenvalue weighted by Crippen LogP contribution is -2.48. The van der Waals surface area contributed by atoms with Crippen LogP contribution in [0.3, 0.4) is 0 Å². The molecule has 0 aromatic heterocycles. The number of anilines is 1. The van der Waals surface area contributed by atoms with Crippen LogP contribution in [0.2, 0.25) is 5.02 Å². The molecule has 0 saturated heterocycles. The number of nitrogens with zero attached hydrogens (tertiary/aromatic N) is 1. The van der Waals surface area contributed by atoms with Gasteiger partial charge in [0.1, 0.15) is 5.75 Å². The van der Waals surface area contributed by atoms with Crippen LogP contribution in [0.1, 0.15) is 44.1 Å². The molecule has 160 valence electrons. The van der Waals surface area contributed by atoms with Crippen molar-refractivity contribution in [2.24, 2.45) is 17.8 Å². The normalized spacial score (nSPS) is 29.8. The van der Waals surface area contributed by atoms with Crippen LogP contribution in [0, 0.1) is 17.8 Å². The fourth-order valence-corrected chi connectivity index (χ4v) is 8.14. The van der Waals surface area contributed by atoms with Crippen LogP contribution in [-0.2, 0) is 15.4 Å². The van der Waals surface area contributed by atoms with Crippen molar-refractivity contribution in [2.45, 2.75) is 48.8 Å². The highest BCUT2D eigenvalue weighted by atomic mass is 35.5. The molecular formula is C24H28ClNO3S. The maximum absolute atomic E-state index is 13.1. The molecule has 4 aliphatic carbocycles. The molecule has 4 bridgehead atoms. The van der Waals surface area contributed by atoms with Crippen molar-refractivity contribution in [3.05, 3.63) is 53.1 Å². The summed E-state index contributed by atoms with van der Waals surface area (Å²) in [6.07, 6.45) is 8.17. The van der Waals surface area contributed by atoms with Crippen molar-refractivity contribution < 1.29 is 13.2 Å². The van der Waals surface area contributed by atoms with Gasteiger partial charge in [0.05, 0.1) is 22.7 Å². The van der Waals surface area contributed by atoms with Gasteiger partial charge in [0.25, 0.3) is 10.0 Å². The molecule has 0 unspecified atom stereocenters. The number of halogens is 1.